The number of hydrogen-bond donors (Lipinski definition) is 0. The number of rotatable bonds is 4. The van der Waals surface area contributed by atoms with Crippen molar-refractivity contribution in [2.24, 2.45) is 0 Å². The highest BCUT2D eigenvalue weighted by Crippen LogP contribution is 2.38. The molecule has 2 aromatic heterocycles. The Labute approximate surface area is 212 Å². The van der Waals surface area contributed by atoms with Gasteiger partial charge in [0.2, 0.25) is 4.96 Å². The van der Waals surface area contributed by atoms with Crippen molar-refractivity contribution in [1.29, 1.82) is 0 Å². The van der Waals surface area contributed by atoms with Gasteiger partial charge in [0, 0.05) is 15.6 Å². The smallest absolute Gasteiger partial charge is 0.291 e. The highest BCUT2D eigenvalue weighted by Gasteiger charge is 2.34. The Balaban J connectivity index is 1.49. The standard InChI is InChI=1S/C26H17BrN4O3S/c1-34-18-10-7-16(8-11-18)23-28-26-31(29-23)25(33)22(35-26)21-19-13-17(27)9-12-20(19)30(24(21)32)14-15-5-3-2-4-6-15/h2-13H,14H2,1H3/b22-21-. The summed E-state index contributed by atoms with van der Waals surface area (Å²) in [5.41, 5.74) is 3.30. The number of carbonyl (C=O) groups is 1. The molecule has 0 atom stereocenters. The van der Waals surface area contributed by atoms with Crippen molar-refractivity contribution in [3.63, 3.8) is 0 Å². The number of aromatic nitrogens is 3. The van der Waals surface area contributed by atoms with Crippen LogP contribution in [0.2, 0.25) is 0 Å². The van der Waals surface area contributed by atoms with E-state index in [1.807, 2.05) is 72.8 Å². The molecule has 0 fully saturated rings. The molecule has 0 aliphatic carbocycles. The molecule has 1 amide bonds. The van der Waals surface area contributed by atoms with Crippen LogP contribution >= 0.6 is 27.3 Å². The maximum atomic E-state index is 13.7. The molecule has 6 rings (SSSR count). The first-order chi connectivity index (χ1) is 17.0. The predicted octanol–water partition coefficient (Wildman–Crippen LogP) is 4.05. The van der Waals surface area contributed by atoms with Gasteiger partial charge in [-0.3, -0.25) is 9.59 Å². The number of thiazole rings is 1. The van der Waals surface area contributed by atoms with Gasteiger partial charge in [-0.05, 0) is 48.0 Å². The maximum absolute atomic E-state index is 13.7. The van der Waals surface area contributed by atoms with Crippen molar-refractivity contribution >= 4 is 49.4 Å². The largest absolute Gasteiger partial charge is 0.497 e. The summed E-state index contributed by atoms with van der Waals surface area (Å²) in [4.78, 5) is 33.8. The summed E-state index contributed by atoms with van der Waals surface area (Å²) in [6.45, 7) is 0.411. The molecular weight excluding hydrogens is 528 g/mol. The first-order valence-corrected chi connectivity index (χ1v) is 12.4. The van der Waals surface area contributed by atoms with Crippen LogP contribution in [0.1, 0.15) is 11.1 Å². The molecule has 9 heteroatoms. The number of amides is 1. The third-order valence-electron chi connectivity index (χ3n) is 5.89. The molecule has 5 aromatic rings. The van der Waals surface area contributed by atoms with Gasteiger partial charge in [0.15, 0.2) is 5.82 Å². The van der Waals surface area contributed by atoms with Crippen LogP contribution < -0.4 is 19.7 Å². The number of methoxy groups -OCH3 is 1. The summed E-state index contributed by atoms with van der Waals surface area (Å²) in [7, 11) is 1.60. The highest BCUT2D eigenvalue weighted by molar-refractivity contribution is 9.10. The van der Waals surface area contributed by atoms with Crippen molar-refractivity contribution in [1.82, 2.24) is 14.6 Å². The fourth-order valence-electron chi connectivity index (χ4n) is 4.19. The van der Waals surface area contributed by atoms with E-state index in [4.69, 9.17) is 4.74 Å². The molecule has 0 saturated heterocycles. The van der Waals surface area contributed by atoms with Gasteiger partial charge in [-0.15, -0.1) is 5.10 Å². The van der Waals surface area contributed by atoms with Gasteiger partial charge in [-0.2, -0.15) is 9.50 Å². The van der Waals surface area contributed by atoms with Gasteiger partial charge in [0.25, 0.3) is 11.5 Å². The highest BCUT2D eigenvalue weighted by atomic mass is 79.9. The Morgan fingerprint density at radius 2 is 1.77 bits per heavy atom. The summed E-state index contributed by atoms with van der Waals surface area (Å²) in [5.74, 6) is 0.959. The number of fused-ring (bicyclic) bond motifs is 2. The minimum atomic E-state index is -0.354. The third-order valence-corrected chi connectivity index (χ3v) is 7.42. The average Bonchev–Trinajstić information content (AvgIpc) is 3.51. The molecule has 1 aliphatic rings. The van der Waals surface area contributed by atoms with E-state index < -0.39 is 0 Å². The minimum Gasteiger partial charge on any atom is -0.497 e. The number of ether oxygens (including phenoxy) is 1. The zero-order valence-electron chi connectivity index (χ0n) is 18.4. The molecule has 3 aromatic carbocycles. The average molecular weight is 545 g/mol. The predicted molar refractivity (Wildman–Crippen MR) is 139 cm³/mol. The molecule has 172 valence electrons. The van der Waals surface area contributed by atoms with Crippen LogP contribution in [0, 0.1) is 0 Å². The number of nitrogens with zero attached hydrogens (tertiary/aromatic N) is 4. The maximum Gasteiger partial charge on any atom is 0.291 e. The fraction of sp³-hybridized carbons (Fsp3) is 0.0769. The Morgan fingerprint density at radius 3 is 2.49 bits per heavy atom. The van der Waals surface area contributed by atoms with E-state index in [2.05, 4.69) is 26.0 Å². The number of carbonyl (C=O) groups excluding carboxylic acids is 1. The Kier molecular flexibility index (Phi) is 5.23. The zero-order chi connectivity index (χ0) is 24.1. The molecule has 0 radical (unpaired) electrons. The third kappa shape index (κ3) is 3.64. The van der Waals surface area contributed by atoms with E-state index in [0.717, 1.165) is 32.6 Å². The van der Waals surface area contributed by atoms with E-state index >= 15 is 0 Å². The van der Waals surface area contributed by atoms with Crippen molar-refractivity contribution in [3.8, 4) is 17.1 Å². The van der Waals surface area contributed by atoms with E-state index in [1.54, 1.807) is 12.0 Å². The van der Waals surface area contributed by atoms with Crippen LogP contribution in [0.4, 0.5) is 5.69 Å². The Bertz CT molecular complexity index is 1710. The van der Waals surface area contributed by atoms with Crippen molar-refractivity contribution in [3.05, 3.63) is 103 Å². The Morgan fingerprint density at radius 1 is 1.00 bits per heavy atom. The van der Waals surface area contributed by atoms with Gasteiger partial charge < -0.3 is 9.64 Å². The van der Waals surface area contributed by atoms with E-state index in [0.29, 0.717) is 27.4 Å². The van der Waals surface area contributed by atoms with Crippen LogP contribution in [0.5, 0.6) is 5.75 Å². The summed E-state index contributed by atoms with van der Waals surface area (Å²) in [5, 5.41) is 4.43. The van der Waals surface area contributed by atoms with Gasteiger partial charge in [0.1, 0.15) is 10.3 Å². The second-order valence-corrected chi connectivity index (χ2v) is 9.90. The molecule has 35 heavy (non-hydrogen) atoms. The quantitative estimate of drug-likeness (QED) is 0.341. The number of hydrogen-bond acceptors (Lipinski definition) is 6. The Hall–Kier alpha value is -3.82. The van der Waals surface area contributed by atoms with Gasteiger partial charge in [-0.25, -0.2) is 0 Å². The molecule has 3 heterocycles. The van der Waals surface area contributed by atoms with E-state index in [1.165, 1.54) is 15.9 Å². The molecule has 0 N–H and O–H groups in total. The normalized spacial score (nSPS) is 14.6. The van der Waals surface area contributed by atoms with Crippen molar-refractivity contribution < 1.29 is 9.53 Å². The lowest BCUT2D eigenvalue weighted by atomic mass is 10.1. The molecule has 1 aliphatic heterocycles. The van der Waals surface area contributed by atoms with Crippen LogP contribution in [0.3, 0.4) is 0 Å². The summed E-state index contributed by atoms with van der Waals surface area (Å²) >= 11 is 4.68. The second-order valence-electron chi connectivity index (χ2n) is 8.01. The molecular formula is C26H17BrN4O3S. The summed E-state index contributed by atoms with van der Waals surface area (Å²) < 4.78 is 7.64. The molecule has 0 saturated carbocycles. The lowest BCUT2D eigenvalue weighted by Gasteiger charge is -2.17. The molecule has 0 unspecified atom stereocenters. The minimum absolute atomic E-state index is 0.209. The first kappa shape index (κ1) is 21.7. The number of halogens is 1. The van der Waals surface area contributed by atoms with Crippen LogP contribution in [-0.2, 0) is 11.3 Å². The molecule has 7 nitrogen and oxygen atoms in total. The SMILES string of the molecule is COc1ccc(-c2nc3s/c(=C4\C(=O)N(Cc5ccccc5)c5ccc(Br)cc54)c(=O)n3n2)cc1. The van der Waals surface area contributed by atoms with Crippen molar-refractivity contribution in [2.45, 2.75) is 6.54 Å². The lowest BCUT2D eigenvalue weighted by Crippen LogP contribution is -2.32. The van der Waals surface area contributed by atoms with Gasteiger partial charge in [-0.1, -0.05) is 57.6 Å². The molecule has 0 spiro atoms. The monoisotopic (exact) mass is 544 g/mol. The van der Waals surface area contributed by atoms with Crippen LogP contribution in [0.25, 0.3) is 21.9 Å². The lowest BCUT2D eigenvalue weighted by molar-refractivity contribution is -0.113. The van der Waals surface area contributed by atoms with Crippen LogP contribution in [-0.4, -0.2) is 27.6 Å². The second kappa shape index (κ2) is 8.44. The summed E-state index contributed by atoms with van der Waals surface area (Å²) in [6.07, 6.45) is 0. The van der Waals surface area contributed by atoms with Crippen molar-refractivity contribution in [2.75, 3.05) is 12.0 Å². The van der Waals surface area contributed by atoms with Gasteiger partial charge in [0.05, 0.1) is 24.9 Å². The zero-order valence-corrected chi connectivity index (χ0v) is 20.8. The first-order valence-electron chi connectivity index (χ1n) is 10.8. The fourth-order valence-corrected chi connectivity index (χ4v) is 5.55. The van der Waals surface area contributed by atoms with E-state index in [-0.39, 0.29) is 11.5 Å². The molecule has 0 bridgehead atoms. The number of anilines is 1. The van der Waals surface area contributed by atoms with Gasteiger partial charge >= 0.3 is 0 Å². The van der Waals surface area contributed by atoms with Crippen LogP contribution in [0.15, 0.2) is 82.1 Å². The number of benzene rings is 3. The van der Waals surface area contributed by atoms with E-state index in [9.17, 15) is 9.59 Å². The topological polar surface area (TPSA) is 76.8 Å². The summed E-state index contributed by atoms with van der Waals surface area (Å²) in [6, 6.07) is 22.8.